The van der Waals surface area contributed by atoms with E-state index < -0.39 is 0 Å². The van der Waals surface area contributed by atoms with E-state index in [1.54, 1.807) is 14.0 Å². The number of carbonyl (C=O) groups is 1. The second kappa shape index (κ2) is 5.61. The van der Waals surface area contributed by atoms with E-state index in [1.165, 1.54) is 5.56 Å². The van der Waals surface area contributed by atoms with Crippen molar-refractivity contribution in [1.29, 1.82) is 0 Å². The summed E-state index contributed by atoms with van der Waals surface area (Å²) in [5.74, 6) is 1.40. The lowest BCUT2D eigenvalue weighted by molar-refractivity contribution is -0.129. The van der Waals surface area contributed by atoms with E-state index in [0.717, 1.165) is 24.3 Å². The number of carbonyl (C=O) groups excluding carboxylic acids is 1. The van der Waals surface area contributed by atoms with Crippen molar-refractivity contribution in [3.05, 3.63) is 29.3 Å². The maximum atomic E-state index is 11.8. The van der Waals surface area contributed by atoms with E-state index >= 15 is 0 Å². The Kier molecular flexibility index (Phi) is 4.10. The number of rotatable bonds is 3. The topological polar surface area (TPSA) is 55.6 Å². The second-order valence-electron chi connectivity index (χ2n) is 5.25. The number of nitrogens with zero attached hydrogens (tertiary/aromatic N) is 1. The van der Waals surface area contributed by atoms with E-state index in [2.05, 4.69) is 6.07 Å². The highest BCUT2D eigenvalue weighted by Gasteiger charge is 2.34. The van der Waals surface area contributed by atoms with E-state index in [1.807, 2.05) is 24.0 Å². The molecular formula is C15H22N2O2. The Hall–Kier alpha value is -1.55. The molecule has 1 amide bonds. The van der Waals surface area contributed by atoms with Crippen LogP contribution in [0.2, 0.25) is 0 Å². The summed E-state index contributed by atoms with van der Waals surface area (Å²) in [6, 6.07) is 6.28. The van der Waals surface area contributed by atoms with Gasteiger partial charge in [-0.25, -0.2) is 0 Å². The average molecular weight is 262 g/mol. The van der Waals surface area contributed by atoms with Crippen molar-refractivity contribution < 1.29 is 9.53 Å². The van der Waals surface area contributed by atoms with Crippen LogP contribution in [0.1, 0.15) is 30.5 Å². The zero-order valence-electron chi connectivity index (χ0n) is 11.8. The van der Waals surface area contributed by atoms with E-state index in [9.17, 15) is 4.79 Å². The quantitative estimate of drug-likeness (QED) is 0.904. The van der Waals surface area contributed by atoms with Gasteiger partial charge in [-0.2, -0.15) is 0 Å². The molecule has 4 nitrogen and oxygen atoms in total. The number of methoxy groups -OCH3 is 1. The van der Waals surface area contributed by atoms with E-state index in [4.69, 9.17) is 10.5 Å². The Labute approximate surface area is 114 Å². The normalized spacial score (nSPS) is 22.6. The first-order valence-corrected chi connectivity index (χ1v) is 6.68. The van der Waals surface area contributed by atoms with Crippen molar-refractivity contribution in [1.82, 2.24) is 4.90 Å². The lowest BCUT2D eigenvalue weighted by atomic mass is 9.98. The van der Waals surface area contributed by atoms with Crippen LogP contribution < -0.4 is 10.5 Å². The zero-order valence-corrected chi connectivity index (χ0v) is 11.8. The van der Waals surface area contributed by atoms with Crippen LogP contribution in [-0.4, -0.2) is 31.0 Å². The number of nitrogens with two attached hydrogens (primary N) is 1. The molecule has 1 fully saturated rings. The number of likely N-dealkylation sites (tertiary alicyclic amines) is 1. The number of hydrogen-bond acceptors (Lipinski definition) is 3. The molecule has 4 heteroatoms. The number of hydrogen-bond donors (Lipinski definition) is 1. The molecule has 0 bridgehead atoms. The SMILES string of the molecule is COc1ccc(C2CC(CN)CN2C(C)=O)cc1C. The van der Waals surface area contributed by atoms with Gasteiger partial charge in [0, 0.05) is 13.5 Å². The van der Waals surface area contributed by atoms with Gasteiger partial charge >= 0.3 is 0 Å². The molecular weight excluding hydrogens is 240 g/mol. The van der Waals surface area contributed by atoms with Crippen LogP contribution in [0, 0.1) is 12.8 Å². The maximum absolute atomic E-state index is 11.8. The van der Waals surface area contributed by atoms with Gasteiger partial charge in [-0.05, 0) is 43.0 Å². The van der Waals surface area contributed by atoms with Crippen LogP contribution in [0.25, 0.3) is 0 Å². The minimum Gasteiger partial charge on any atom is -0.496 e. The molecule has 0 aliphatic carbocycles. The first kappa shape index (κ1) is 13.9. The molecule has 1 aromatic rings. The van der Waals surface area contributed by atoms with Gasteiger partial charge in [-0.3, -0.25) is 4.79 Å². The van der Waals surface area contributed by atoms with Crippen LogP contribution in [-0.2, 0) is 4.79 Å². The molecule has 2 N–H and O–H groups in total. The number of ether oxygens (including phenoxy) is 1. The first-order chi connectivity index (χ1) is 9.06. The molecule has 1 heterocycles. The Balaban J connectivity index is 2.28. The highest BCUT2D eigenvalue weighted by molar-refractivity contribution is 5.74. The van der Waals surface area contributed by atoms with Crippen LogP contribution in [0.15, 0.2) is 18.2 Å². The van der Waals surface area contributed by atoms with Gasteiger partial charge in [0.05, 0.1) is 13.2 Å². The third-order valence-electron chi connectivity index (χ3n) is 3.93. The fraction of sp³-hybridized carbons (Fsp3) is 0.533. The molecule has 2 rings (SSSR count). The van der Waals surface area contributed by atoms with Gasteiger partial charge < -0.3 is 15.4 Å². The Morgan fingerprint density at radius 3 is 2.79 bits per heavy atom. The van der Waals surface area contributed by atoms with Crippen molar-refractivity contribution in [3.8, 4) is 5.75 Å². The molecule has 19 heavy (non-hydrogen) atoms. The fourth-order valence-electron chi connectivity index (χ4n) is 2.87. The van der Waals surface area contributed by atoms with Gasteiger partial charge in [-0.15, -0.1) is 0 Å². The molecule has 0 aromatic heterocycles. The first-order valence-electron chi connectivity index (χ1n) is 6.68. The fourth-order valence-corrected chi connectivity index (χ4v) is 2.87. The van der Waals surface area contributed by atoms with Crippen LogP contribution >= 0.6 is 0 Å². The van der Waals surface area contributed by atoms with Crippen LogP contribution in [0.3, 0.4) is 0 Å². The van der Waals surface area contributed by atoms with Crippen molar-refractivity contribution in [2.75, 3.05) is 20.2 Å². The standard InChI is InChI=1S/C15H22N2O2/c1-10-6-13(4-5-15(10)19-3)14-7-12(8-16)9-17(14)11(2)18/h4-6,12,14H,7-9,16H2,1-3H3. The molecule has 0 radical (unpaired) electrons. The molecule has 0 saturated carbocycles. The molecule has 2 unspecified atom stereocenters. The summed E-state index contributed by atoms with van der Waals surface area (Å²) >= 11 is 0. The Bertz CT molecular complexity index is 473. The largest absolute Gasteiger partial charge is 0.496 e. The minimum absolute atomic E-state index is 0.120. The summed E-state index contributed by atoms with van der Waals surface area (Å²) < 4.78 is 5.28. The highest BCUT2D eigenvalue weighted by atomic mass is 16.5. The number of benzene rings is 1. The van der Waals surface area contributed by atoms with Crippen molar-refractivity contribution in [3.63, 3.8) is 0 Å². The molecule has 1 aromatic carbocycles. The van der Waals surface area contributed by atoms with E-state index in [0.29, 0.717) is 12.5 Å². The summed E-state index contributed by atoms with van der Waals surface area (Å²) in [4.78, 5) is 13.7. The highest BCUT2D eigenvalue weighted by Crippen LogP contribution is 2.36. The smallest absolute Gasteiger partial charge is 0.219 e. The van der Waals surface area contributed by atoms with Gasteiger partial charge in [-0.1, -0.05) is 12.1 Å². The summed E-state index contributed by atoms with van der Waals surface area (Å²) in [7, 11) is 1.67. The lowest BCUT2D eigenvalue weighted by Gasteiger charge is -2.24. The molecule has 0 spiro atoms. The summed E-state index contributed by atoms with van der Waals surface area (Å²) in [6.07, 6.45) is 0.946. The summed E-state index contributed by atoms with van der Waals surface area (Å²) in [5.41, 5.74) is 8.02. The molecule has 1 aliphatic rings. The number of amides is 1. The van der Waals surface area contributed by atoms with Gasteiger partial charge in [0.2, 0.25) is 5.91 Å². The Morgan fingerprint density at radius 2 is 2.26 bits per heavy atom. The number of aryl methyl sites for hydroxylation is 1. The predicted molar refractivity (Wildman–Crippen MR) is 75.0 cm³/mol. The molecule has 1 saturated heterocycles. The molecule has 2 atom stereocenters. The zero-order chi connectivity index (χ0) is 14.0. The molecule has 104 valence electrons. The molecule has 1 aliphatic heterocycles. The van der Waals surface area contributed by atoms with Gasteiger partial charge in [0.15, 0.2) is 0 Å². The second-order valence-corrected chi connectivity index (χ2v) is 5.25. The Morgan fingerprint density at radius 1 is 1.53 bits per heavy atom. The van der Waals surface area contributed by atoms with E-state index in [-0.39, 0.29) is 11.9 Å². The minimum atomic E-state index is 0.120. The third kappa shape index (κ3) is 2.73. The van der Waals surface area contributed by atoms with Gasteiger partial charge in [0.25, 0.3) is 0 Å². The van der Waals surface area contributed by atoms with Crippen molar-refractivity contribution >= 4 is 5.91 Å². The third-order valence-corrected chi connectivity index (χ3v) is 3.93. The van der Waals surface area contributed by atoms with Gasteiger partial charge in [0.1, 0.15) is 5.75 Å². The van der Waals surface area contributed by atoms with Crippen LogP contribution in [0.5, 0.6) is 5.75 Å². The lowest BCUT2D eigenvalue weighted by Crippen LogP contribution is -2.29. The van der Waals surface area contributed by atoms with Crippen molar-refractivity contribution in [2.24, 2.45) is 11.7 Å². The van der Waals surface area contributed by atoms with Crippen molar-refractivity contribution in [2.45, 2.75) is 26.3 Å². The van der Waals surface area contributed by atoms with Crippen LogP contribution in [0.4, 0.5) is 0 Å². The predicted octanol–water partition coefficient (Wildman–Crippen LogP) is 1.87. The average Bonchev–Trinajstić information content (AvgIpc) is 2.83. The monoisotopic (exact) mass is 262 g/mol. The maximum Gasteiger partial charge on any atom is 0.219 e. The summed E-state index contributed by atoms with van der Waals surface area (Å²) in [6.45, 7) is 5.05. The summed E-state index contributed by atoms with van der Waals surface area (Å²) in [5, 5.41) is 0.